The van der Waals surface area contributed by atoms with E-state index in [9.17, 15) is 18.0 Å². The molecule has 0 saturated heterocycles. The quantitative estimate of drug-likeness (QED) is 0.390. The van der Waals surface area contributed by atoms with E-state index in [0.717, 1.165) is 17.7 Å². The molecule has 0 aliphatic carbocycles. The fraction of sp³-hybridized carbons (Fsp3) is 0.280. The zero-order valence-corrected chi connectivity index (χ0v) is 20.2. The Bertz CT molecular complexity index is 1500. The number of benzene rings is 2. The van der Waals surface area contributed by atoms with E-state index in [1.807, 2.05) is 13.8 Å². The number of hydrogen-bond donors (Lipinski definition) is 1. The number of nitrogen functional groups attached to an aromatic ring is 1. The van der Waals surface area contributed by atoms with Gasteiger partial charge in [-0.1, -0.05) is 29.8 Å². The van der Waals surface area contributed by atoms with E-state index in [0.29, 0.717) is 51.5 Å². The molecule has 4 aromatic rings. The summed E-state index contributed by atoms with van der Waals surface area (Å²) in [5.41, 5.74) is 8.90. The van der Waals surface area contributed by atoms with Crippen LogP contribution in [0.2, 0.25) is 5.02 Å². The zero-order valence-electron chi connectivity index (χ0n) is 19.5. The van der Waals surface area contributed by atoms with Gasteiger partial charge in [-0.15, -0.1) is 0 Å². The first-order chi connectivity index (χ1) is 17.1. The first kappa shape index (κ1) is 24.1. The van der Waals surface area contributed by atoms with Gasteiger partial charge in [-0.05, 0) is 49.6 Å². The van der Waals surface area contributed by atoms with Gasteiger partial charge in [0.25, 0.3) is 0 Å². The van der Waals surface area contributed by atoms with Crippen molar-refractivity contribution in [2.24, 2.45) is 0 Å². The number of carbonyl (C=O) groups excluding carboxylic acids is 1. The molecule has 0 spiro atoms. The van der Waals surface area contributed by atoms with Crippen LogP contribution in [0.3, 0.4) is 0 Å². The number of aromatic nitrogens is 4. The number of rotatable bonds is 4. The Morgan fingerprint density at radius 3 is 2.69 bits per heavy atom. The van der Waals surface area contributed by atoms with E-state index in [4.69, 9.17) is 22.4 Å². The summed E-state index contributed by atoms with van der Waals surface area (Å²) < 4.78 is 40.9. The predicted molar refractivity (Wildman–Crippen MR) is 132 cm³/mol. The van der Waals surface area contributed by atoms with Crippen molar-refractivity contribution in [1.29, 1.82) is 0 Å². The average molecular weight is 515 g/mol. The van der Waals surface area contributed by atoms with Gasteiger partial charge in [-0.2, -0.15) is 18.3 Å². The number of carbonyl (C=O) groups is 1. The fourth-order valence-corrected chi connectivity index (χ4v) is 4.90. The molecule has 36 heavy (non-hydrogen) atoms. The summed E-state index contributed by atoms with van der Waals surface area (Å²) in [6.45, 7) is 4.34. The van der Waals surface area contributed by atoms with E-state index in [-0.39, 0.29) is 24.2 Å². The third-order valence-electron chi connectivity index (χ3n) is 6.27. The molecule has 7 nitrogen and oxygen atoms in total. The molecular formula is C25H22ClF3N6O. The van der Waals surface area contributed by atoms with Crippen LogP contribution in [-0.2, 0) is 23.8 Å². The third kappa shape index (κ3) is 4.05. The van der Waals surface area contributed by atoms with Crippen molar-refractivity contribution in [2.45, 2.75) is 38.9 Å². The van der Waals surface area contributed by atoms with Gasteiger partial charge in [-0.3, -0.25) is 4.79 Å². The number of hydrogen-bond acceptors (Lipinski definition) is 5. The first-order valence-corrected chi connectivity index (χ1v) is 11.7. The van der Waals surface area contributed by atoms with Gasteiger partial charge < -0.3 is 10.6 Å². The van der Waals surface area contributed by atoms with Crippen LogP contribution in [0.25, 0.3) is 22.3 Å². The van der Waals surface area contributed by atoms with E-state index >= 15 is 0 Å². The lowest BCUT2D eigenvalue weighted by Crippen LogP contribution is -2.30. The van der Waals surface area contributed by atoms with Crippen molar-refractivity contribution >= 4 is 40.0 Å². The van der Waals surface area contributed by atoms with Crippen LogP contribution in [-0.4, -0.2) is 32.2 Å². The molecule has 186 valence electrons. The van der Waals surface area contributed by atoms with Crippen LogP contribution >= 0.6 is 11.6 Å². The number of alkyl halides is 3. The van der Waals surface area contributed by atoms with E-state index in [1.54, 1.807) is 21.7 Å². The Morgan fingerprint density at radius 2 is 1.97 bits per heavy atom. The minimum Gasteiger partial charge on any atom is -0.383 e. The van der Waals surface area contributed by atoms with E-state index in [2.05, 4.69) is 9.97 Å². The molecule has 11 heteroatoms. The summed E-state index contributed by atoms with van der Waals surface area (Å²) in [4.78, 5) is 23.1. The summed E-state index contributed by atoms with van der Waals surface area (Å²) in [5.74, 6) is -0.0135. The molecular weight excluding hydrogens is 493 g/mol. The second kappa shape index (κ2) is 8.77. The molecule has 0 atom stereocenters. The van der Waals surface area contributed by atoms with Crippen LogP contribution in [0.5, 0.6) is 0 Å². The monoisotopic (exact) mass is 514 g/mol. The summed E-state index contributed by atoms with van der Waals surface area (Å²) in [7, 11) is 0. The van der Waals surface area contributed by atoms with Gasteiger partial charge in [-0.25, -0.2) is 14.6 Å². The number of fused-ring (bicyclic) bond motifs is 2. The number of anilines is 2. The van der Waals surface area contributed by atoms with Gasteiger partial charge in [0, 0.05) is 23.8 Å². The molecule has 0 bridgehead atoms. The highest BCUT2D eigenvalue weighted by molar-refractivity contribution is 6.35. The standard InChI is InChI=1S/C25H22ClF3N6O/c1-13(2)35-24-20(23(30)31-12-32-24)22(33-35)17-6-7-18-16(21(17)26)8-9-34(18)19(36)11-14-4-3-5-15(10-14)25(27,28)29/h3-7,10,12-13H,8-9,11H2,1-2H3,(H2,30,31,32). The summed E-state index contributed by atoms with van der Waals surface area (Å²) in [6.07, 6.45) is -2.73. The number of amides is 1. The van der Waals surface area contributed by atoms with Gasteiger partial charge in [0.2, 0.25) is 5.91 Å². The summed E-state index contributed by atoms with van der Waals surface area (Å²) in [5, 5.41) is 5.77. The SMILES string of the molecule is CC(C)n1nc(-c2ccc3c(c2Cl)CCN3C(=O)Cc2cccc(C(F)(F)F)c2)c2c(N)ncnc21. The van der Waals surface area contributed by atoms with Crippen LogP contribution < -0.4 is 10.6 Å². The molecule has 0 radical (unpaired) electrons. The molecule has 3 heterocycles. The number of halogens is 4. The van der Waals surface area contributed by atoms with E-state index < -0.39 is 11.7 Å². The Morgan fingerprint density at radius 1 is 1.19 bits per heavy atom. The largest absolute Gasteiger partial charge is 0.416 e. The van der Waals surface area contributed by atoms with Gasteiger partial charge in [0.15, 0.2) is 5.65 Å². The second-order valence-corrected chi connectivity index (χ2v) is 9.32. The lowest BCUT2D eigenvalue weighted by atomic mass is 10.0. The molecule has 1 amide bonds. The molecule has 1 aliphatic rings. The third-order valence-corrected chi connectivity index (χ3v) is 6.70. The van der Waals surface area contributed by atoms with Crippen molar-refractivity contribution in [3.05, 3.63) is 64.4 Å². The zero-order chi connectivity index (χ0) is 25.8. The van der Waals surface area contributed by atoms with Crippen molar-refractivity contribution in [2.75, 3.05) is 17.2 Å². The minimum absolute atomic E-state index is 0.0210. The molecule has 0 saturated carbocycles. The lowest BCUT2D eigenvalue weighted by molar-refractivity contribution is -0.137. The fourth-order valence-electron chi connectivity index (χ4n) is 4.56. The van der Waals surface area contributed by atoms with E-state index in [1.165, 1.54) is 18.5 Å². The van der Waals surface area contributed by atoms with Gasteiger partial charge >= 0.3 is 6.18 Å². The maximum Gasteiger partial charge on any atom is 0.416 e. The molecule has 2 aromatic carbocycles. The van der Waals surface area contributed by atoms with Crippen molar-refractivity contribution in [3.63, 3.8) is 0 Å². The summed E-state index contributed by atoms with van der Waals surface area (Å²) >= 11 is 6.84. The lowest BCUT2D eigenvalue weighted by Gasteiger charge is -2.18. The Balaban J connectivity index is 1.49. The highest BCUT2D eigenvalue weighted by atomic mass is 35.5. The minimum atomic E-state index is -4.47. The number of nitrogens with two attached hydrogens (primary N) is 1. The van der Waals surface area contributed by atoms with Crippen molar-refractivity contribution < 1.29 is 18.0 Å². The predicted octanol–water partition coefficient (Wildman–Crippen LogP) is 5.46. The Hall–Kier alpha value is -3.66. The molecule has 5 rings (SSSR count). The van der Waals surface area contributed by atoms with Crippen LogP contribution in [0.4, 0.5) is 24.7 Å². The average Bonchev–Trinajstić information content (AvgIpc) is 3.42. The molecule has 0 fully saturated rings. The highest BCUT2D eigenvalue weighted by Gasteiger charge is 2.32. The number of nitrogens with zero attached hydrogens (tertiary/aromatic N) is 5. The van der Waals surface area contributed by atoms with Crippen LogP contribution in [0.15, 0.2) is 42.7 Å². The smallest absolute Gasteiger partial charge is 0.383 e. The molecule has 2 aromatic heterocycles. The maximum atomic E-state index is 13.1. The Kier molecular flexibility index (Phi) is 5.86. The first-order valence-electron chi connectivity index (χ1n) is 11.3. The maximum absolute atomic E-state index is 13.1. The molecule has 0 unspecified atom stereocenters. The molecule has 1 aliphatic heterocycles. The topological polar surface area (TPSA) is 89.9 Å². The van der Waals surface area contributed by atoms with Crippen molar-refractivity contribution in [3.8, 4) is 11.3 Å². The normalized spacial score (nSPS) is 13.6. The molecule has 2 N–H and O–H groups in total. The summed E-state index contributed by atoms with van der Waals surface area (Å²) in [6, 6.07) is 8.40. The van der Waals surface area contributed by atoms with Crippen LogP contribution in [0, 0.1) is 0 Å². The Labute approximate surface area is 209 Å². The highest BCUT2D eigenvalue weighted by Crippen LogP contribution is 2.42. The van der Waals surface area contributed by atoms with Gasteiger partial charge in [0.05, 0.1) is 22.4 Å². The second-order valence-electron chi connectivity index (χ2n) is 8.94. The van der Waals surface area contributed by atoms with Crippen LogP contribution in [0.1, 0.15) is 36.6 Å². The van der Waals surface area contributed by atoms with Crippen molar-refractivity contribution in [1.82, 2.24) is 19.7 Å². The van der Waals surface area contributed by atoms with Gasteiger partial charge in [0.1, 0.15) is 17.8 Å².